The van der Waals surface area contributed by atoms with Crippen molar-refractivity contribution >= 4 is 33.4 Å². The van der Waals surface area contributed by atoms with E-state index in [1.165, 1.54) is 5.56 Å². The van der Waals surface area contributed by atoms with E-state index in [9.17, 15) is 4.79 Å². The fraction of sp³-hybridized carbons (Fsp3) is 0.222. The lowest BCUT2D eigenvalue weighted by Gasteiger charge is -2.09. The molecule has 0 saturated carbocycles. The molecule has 0 amide bonds. The number of esters is 1. The van der Waals surface area contributed by atoms with Crippen LogP contribution in [0.3, 0.4) is 0 Å². The van der Waals surface area contributed by atoms with Gasteiger partial charge in [-0.25, -0.2) is 4.98 Å². The third-order valence-electron chi connectivity index (χ3n) is 3.61. The molecule has 0 aliphatic carbocycles. The summed E-state index contributed by atoms with van der Waals surface area (Å²) in [4.78, 5) is 16.4. The molecule has 0 bridgehead atoms. The van der Waals surface area contributed by atoms with Crippen LogP contribution in [0.25, 0.3) is 16.9 Å². The molecule has 0 spiro atoms. The number of benzene rings is 1. The van der Waals surface area contributed by atoms with Crippen molar-refractivity contribution in [3.8, 4) is 11.3 Å². The number of hydrogen-bond donors (Lipinski definition) is 1. The molecule has 0 unspecified atom stereocenters. The van der Waals surface area contributed by atoms with Crippen LogP contribution in [-0.4, -0.2) is 28.5 Å². The first-order chi connectivity index (χ1) is 11.6. The number of aromatic nitrogens is 2. The molecular formula is C18H18BrN3O2. The topological polar surface area (TPSA) is 55.6 Å². The Morgan fingerprint density at radius 1 is 1.25 bits per heavy atom. The highest BCUT2D eigenvalue weighted by Gasteiger charge is 2.15. The van der Waals surface area contributed by atoms with Crippen molar-refractivity contribution in [2.75, 3.05) is 18.5 Å². The van der Waals surface area contributed by atoms with Crippen molar-refractivity contribution in [1.29, 1.82) is 0 Å². The third-order valence-corrected chi connectivity index (χ3v) is 4.08. The second-order valence-electron chi connectivity index (χ2n) is 5.41. The predicted molar refractivity (Wildman–Crippen MR) is 98.2 cm³/mol. The summed E-state index contributed by atoms with van der Waals surface area (Å²) < 4.78 is 7.86. The minimum atomic E-state index is -0.294. The number of carbonyl (C=O) groups excluding carboxylic acids is 1. The van der Waals surface area contributed by atoms with E-state index in [-0.39, 0.29) is 12.5 Å². The number of anilines is 1. The van der Waals surface area contributed by atoms with Crippen molar-refractivity contribution in [2.45, 2.75) is 13.8 Å². The van der Waals surface area contributed by atoms with Crippen LogP contribution in [0.5, 0.6) is 0 Å². The number of imidazole rings is 1. The maximum absolute atomic E-state index is 11.7. The van der Waals surface area contributed by atoms with Crippen molar-refractivity contribution in [2.24, 2.45) is 0 Å². The monoisotopic (exact) mass is 387 g/mol. The highest BCUT2D eigenvalue weighted by atomic mass is 79.9. The zero-order valence-electron chi connectivity index (χ0n) is 13.5. The zero-order chi connectivity index (χ0) is 17.1. The molecule has 3 rings (SSSR count). The van der Waals surface area contributed by atoms with E-state index in [0.29, 0.717) is 6.61 Å². The van der Waals surface area contributed by atoms with E-state index < -0.39 is 0 Å². The zero-order valence-corrected chi connectivity index (χ0v) is 15.1. The fourth-order valence-electron chi connectivity index (χ4n) is 2.47. The molecule has 1 aromatic carbocycles. The number of nitrogens with one attached hydrogen (secondary N) is 1. The Morgan fingerprint density at radius 2 is 2.00 bits per heavy atom. The number of pyridine rings is 1. The molecule has 6 heteroatoms. The summed E-state index contributed by atoms with van der Waals surface area (Å²) in [6, 6.07) is 12.0. The smallest absolute Gasteiger partial charge is 0.325 e. The quantitative estimate of drug-likeness (QED) is 0.671. The Labute approximate surface area is 148 Å². The van der Waals surface area contributed by atoms with Crippen molar-refractivity contribution in [3.05, 3.63) is 52.6 Å². The van der Waals surface area contributed by atoms with E-state index in [0.717, 1.165) is 27.2 Å². The molecule has 0 aliphatic heterocycles. The summed E-state index contributed by atoms with van der Waals surface area (Å²) in [7, 11) is 0. The third kappa shape index (κ3) is 3.43. The molecule has 1 N–H and O–H groups in total. The standard InChI is InChI=1S/C18H18BrN3O2/c1-3-24-16(23)10-20-18-17(13-6-4-12(2)5-7-13)21-15-9-8-14(19)11-22(15)18/h4-9,11,20H,3,10H2,1-2H3. The number of rotatable bonds is 5. The number of nitrogens with zero attached hydrogens (tertiary/aromatic N) is 2. The van der Waals surface area contributed by atoms with Crippen LogP contribution in [0.2, 0.25) is 0 Å². The lowest BCUT2D eigenvalue weighted by molar-refractivity contribution is -0.140. The lowest BCUT2D eigenvalue weighted by atomic mass is 10.1. The molecule has 2 aromatic heterocycles. The van der Waals surface area contributed by atoms with E-state index in [4.69, 9.17) is 9.72 Å². The summed E-state index contributed by atoms with van der Waals surface area (Å²) in [6.07, 6.45) is 1.92. The molecule has 0 radical (unpaired) electrons. The minimum absolute atomic E-state index is 0.0903. The van der Waals surface area contributed by atoms with E-state index >= 15 is 0 Å². The van der Waals surface area contributed by atoms with Gasteiger partial charge in [-0.15, -0.1) is 0 Å². The number of fused-ring (bicyclic) bond motifs is 1. The Balaban J connectivity index is 2.05. The van der Waals surface area contributed by atoms with E-state index in [1.807, 2.05) is 53.9 Å². The predicted octanol–water partition coefficient (Wildman–Crippen LogP) is 4.05. The molecule has 3 aromatic rings. The number of halogens is 1. The van der Waals surface area contributed by atoms with Crippen molar-refractivity contribution < 1.29 is 9.53 Å². The molecule has 0 aliphatic rings. The highest BCUT2D eigenvalue weighted by molar-refractivity contribution is 9.10. The number of aryl methyl sites for hydroxylation is 1. The molecule has 2 heterocycles. The van der Waals surface area contributed by atoms with Crippen molar-refractivity contribution in [3.63, 3.8) is 0 Å². The first kappa shape index (κ1) is 16.5. The second kappa shape index (κ2) is 7.05. The maximum Gasteiger partial charge on any atom is 0.325 e. The van der Waals surface area contributed by atoms with Crippen LogP contribution in [-0.2, 0) is 9.53 Å². The fourth-order valence-corrected chi connectivity index (χ4v) is 2.81. The maximum atomic E-state index is 11.7. The van der Waals surface area contributed by atoms with Gasteiger partial charge in [-0.3, -0.25) is 9.20 Å². The molecule has 24 heavy (non-hydrogen) atoms. The summed E-state index contributed by atoms with van der Waals surface area (Å²) in [5, 5.41) is 3.17. The van der Waals surface area contributed by atoms with Gasteiger partial charge in [-0.05, 0) is 41.9 Å². The normalized spacial score (nSPS) is 10.8. The Kier molecular flexibility index (Phi) is 4.85. The van der Waals surface area contributed by atoms with Crippen LogP contribution >= 0.6 is 15.9 Å². The van der Waals surface area contributed by atoms with E-state index in [1.54, 1.807) is 6.92 Å². The Hall–Kier alpha value is -2.34. The van der Waals surface area contributed by atoms with Gasteiger partial charge in [-0.1, -0.05) is 29.8 Å². The Bertz CT molecular complexity index is 872. The summed E-state index contributed by atoms with van der Waals surface area (Å²) >= 11 is 3.48. The van der Waals surface area contributed by atoms with E-state index in [2.05, 4.69) is 21.2 Å². The molecule has 5 nitrogen and oxygen atoms in total. The lowest BCUT2D eigenvalue weighted by Crippen LogP contribution is -2.17. The number of ether oxygens (including phenoxy) is 1. The van der Waals surface area contributed by atoms with Gasteiger partial charge >= 0.3 is 5.97 Å². The van der Waals surface area contributed by atoms with Gasteiger partial charge in [0.25, 0.3) is 0 Å². The number of carbonyl (C=O) groups is 1. The van der Waals surface area contributed by atoms with Crippen molar-refractivity contribution in [1.82, 2.24) is 9.38 Å². The van der Waals surface area contributed by atoms with Crippen LogP contribution < -0.4 is 5.32 Å². The van der Waals surface area contributed by atoms with Crippen LogP contribution in [0, 0.1) is 6.92 Å². The Morgan fingerprint density at radius 3 is 2.71 bits per heavy atom. The molecule has 0 fully saturated rings. The van der Waals surface area contributed by atoms with Gasteiger partial charge in [0.1, 0.15) is 23.7 Å². The van der Waals surface area contributed by atoms with Crippen LogP contribution in [0.1, 0.15) is 12.5 Å². The molecule has 0 saturated heterocycles. The molecular weight excluding hydrogens is 370 g/mol. The van der Waals surface area contributed by atoms with Gasteiger partial charge in [0, 0.05) is 16.2 Å². The second-order valence-corrected chi connectivity index (χ2v) is 6.32. The molecule has 0 atom stereocenters. The van der Waals surface area contributed by atoms with Gasteiger partial charge in [0.15, 0.2) is 0 Å². The molecule has 124 valence electrons. The largest absolute Gasteiger partial charge is 0.465 e. The van der Waals surface area contributed by atoms with Gasteiger partial charge in [0.2, 0.25) is 0 Å². The first-order valence-electron chi connectivity index (χ1n) is 7.72. The average Bonchev–Trinajstić information content (AvgIpc) is 2.91. The van der Waals surface area contributed by atoms with Gasteiger partial charge in [0.05, 0.1) is 6.61 Å². The van der Waals surface area contributed by atoms with Crippen LogP contribution in [0.15, 0.2) is 47.1 Å². The van der Waals surface area contributed by atoms with Gasteiger partial charge < -0.3 is 10.1 Å². The highest BCUT2D eigenvalue weighted by Crippen LogP contribution is 2.30. The number of hydrogen-bond acceptors (Lipinski definition) is 4. The summed E-state index contributed by atoms with van der Waals surface area (Å²) in [5.74, 6) is 0.473. The van der Waals surface area contributed by atoms with Crippen LogP contribution in [0.4, 0.5) is 5.82 Å². The first-order valence-corrected chi connectivity index (χ1v) is 8.52. The summed E-state index contributed by atoms with van der Waals surface area (Å²) in [5.41, 5.74) is 3.79. The SMILES string of the molecule is CCOC(=O)CNc1c(-c2ccc(C)cc2)nc2ccc(Br)cn12. The summed E-state index contributed by atoms with van der Waals surface area (Å²) in [6.45, 7) is 4.29. The average molecular weight is 388 g/mol. The van der Waals surface area contributed by atoms with Gasteiger partial charge in [-0.2, -0.15) is 0 Å². The minimum Gasteiger partial charge on any atom is -0.465 e.